The second kappa shape index (κ2) is 3.25. The summed E-state index contributed by atoms with van der Waals surface area (Å²) >= 11 is 0. The molecule has 0 unspecified atom stereocenters. The molecule has 0 spiro atoms. The number of pyridine rings is 1. The Morgan fingerprint density at radius 1 is 0.789 bits per heavy atom. The van der Waals surface area contributed by atoms with Gasteiger partial charge in [0.15, 0.2) is 0 Å². The maximum Gasteiger partial charge on any atom is 0.101 e. The molecule has 3 aromatic heterocycles. The number of fused-ring (bicyclic) bond motifs is 3. The Bertz CT molecular complexity index is 992. The monoisotopic (exact) mass is 241 g/mol. The maximum atomic E-state index is 9.13. The van der Waals surface area contributed by atoms with Gasteiger partial charge in [-0.1, -0.05) is 6.07 Å². The second-order valence-electron chi connectivity index (χ2n) is 4.56. The van der Waals surface area contributed by atoms with Crippen molar-refractivity contribution in [2.75, 3.05) is 0 Å². The van der Waals surface area contributed by atoms with Gasteiger partial charge in [0.1, 0.15) is 12.1 Å². The molecule has 0 N–H and O–H groups in total. The molecule has 0 atom stereocenters. The molecule has 0 aliphatic carbocycles. The number of rotatable bonds is 0. The average molecular weight is 241 g/mol. The first-order valence-electron chi connectivity index (χ1n) is 5.93. The summed E-state index contributed by atoms with van der Waals surface area (Å²) < 4.78 is 2.16. The lowest BCUT2D eigenvalue weighted by atomic mass is 10.0. The van der Waals surface area contributed by atoms with Crippen LogP contribution in [0.3, 0.4) is 0 Å². The summed E-state index contributed by atoms with van der Waals surface area (Å²) in [6.07, 6.45) is 0. The van der Waals surface area contributed by atoms with Gasteiger partial charge in [-0.25, -0.2) is 0 Å². The smallest absolute Gasteiger partial charge is 0.101 e. The molecule has 1 aromatic carbocycles. The molecule has 0 aliphatic rings. The van der Waals surface area contributed by atoms with Crippen molar-refractivity contribution in [1.29, 1.82) is 10.5 Å². The summed E-state index contributed by atoms with van der Waals surface area (Å²) in [6.45, 7) is 0. The Kier molecular flexibility index (Phi) is 1.70. The van der Waals surface area contributed by atoms with E-state index in [2.05, 4.69) is 34.7 Å². The molecule has 86 valence electrons. The van der Waals surface area contributed by atoms with Crippen LogP contribution in [0.4, 0.5) is 0 Å². The Morgan fingerprint density at radius 3 is 2.05 bits per heavy atom. The van der Waals surface area contributed by atoms with E-state index in [1.54, 1.807) is 0 Å². The molecular formula is C16H7N3. The Balaban J connectivity index is 2.36. The molecule has 0 fully saturated rings. The minimum atomic E-state index is 0.434. The molecule has 3 heteroatoms. The molecule has 0 aliphatic heterocycles. The van der Waals surface area contributed by atoms with E-state index < -0.39 is 0 Å². The fourth-order valence-corrected chi connectivity index (χ4v) is 2.79. The zero-order chi connectivity index (χ0) is 13.0. The summed E-state index contributed by atoms with van der Waals surface area (Å²) in [4.78, 5) is 0. The van der Waals surface area contributed by atoms with Crippen LogP contribution in [0.5, 0.6) is 0 Å². The first-order chi connectivity index (χ1) is 9.33. The maximum absolute atomic E-state index is 9.13. The predicted molar refractivity (Wildman–Crippen MR) is 73.0 cm³/mol. The van der Waals surface area contributed by atoms with Gasteiger partial charge in [-0.3, -0.25) is 0 Å². The second-order valence-corrected chi connectivity index (χ2v) is 4.56. The fourth-order valence-electron chi connectivity index (χ4n) is 2.79. The Hall–Kier alpha value is -3.04. The Morgan fingerprint density at radius 2 is 1.42 bits per heavy atom. The largest absolute Gasteiger partial charge is 0.309 e. The van der Waals surface area contributed by atoms with Gasteiger partial charge in [0.05, 0.1) is 22.2 Å². The minimum absolute atomic E-state index is 0.434. The van der Waals surface area contributed by atoms with Gasteiger partial charge in [0.25, 0.3) is 0 Å². The summed E-state index contributed by atoms with van der Waals surface area (Å²) in [6, 6.07) is 18.0. The number of nitriles is 2. The van der Waals surface area contributed by atoms with E-state index in [1.165, 1.54) is 0 Å². The first kappa shape index (κ1) is 9.94. The highest BCUT2D eigenvalue weighted by molar-refractivity contribution is 6.11. The van der Waals surface area contributed by atoms with Crippen LogP contribution >= 0.6 is 0 Å². The molecule has 3 heterocycles. The minimum Gasteiger partial charge on any atom is -0.309 e. The standard InChI is InChI=1S/C16H7N3/c17-8-10-6-13-14(7-11(10)9-18)16-5-4-12-2-1-3-15(13)19(12)16/h1-7H. The number of hydrogen-bond acceptors (Lipinski definition) is 2. The number of aromatic nitrogens is 1. The van der Waals surface area contributed by atoms with Crippen molar-refractivity contribution >= 4 is 27.3 Å². The van der Waals surface area contributed by atoms with Crippen molar-refractivity contribution in [3.63, 3.8) is 0 Å². The lowest BCUT2D eigenvalue weighted by Crippen LogP contribution is -1.83. The van der Waals surface area contributed by atoms with Crippen LogP contribution in [0.25, 0.3) is 27.3 Å². The highest BCUT2D eigenvalue weighted by Crippen LogP contribution is 2.33. The van der Waals surface area contributed by atoms with E-state index in [1.807, 2.05) is 24.3 Å². The van der Waals surface area contributed by atoms with Crippen molar-refractivity contribution in [2.45, 2.75) is 0 Å². The van der Waals surface area contributed by atoms with E-state index >= 15 is 0 Å². The topological polar surface area (TPSA) is 52.0 Å². The lowest BCUT2D eigenvalue weighted by Gasteiger charge is -1.97. The normalized spacial score (nSPS) is 11.1. The van der Waals surface area contributed by atoms with Crippen LogP contribution in [0, 0.1) is 22.7 Å². The number of nitrogens with zero attached hydrogens (tertiary/aromatic N) is 3. The van der Waals surface area contributed by atoms with E-state index in [0.717, 1.165) is 27.3 Å². The van der Waals surface area contributed by atoms with Crippen LogP contribution in [0.1, 0.15) is 11.1 Å². The van der Waals surface area contributed by atoms with Gasteiger partial charge in [-0.05, 0) is 36.4 Å². The highest BCUT2D eigenvalue weighted by atomic mass is 14.9. The molecule has 3 nitrogen and oxygen atoms in total. The van der Waals surface area contributed by atoms with Gasteiger partial charge in [0.2, 0.25) is 0 Å². The summed E-state index contributed by atoms with van der Waals surface area (Å²) in [7, 11) is 0. The zero-order valence-electron chi connectivity index (χ0n) is 9.88. The van der Waals surface area contributed by atoms with E-state index in [9.17, 15) is 0 Å². The zero-order valence-corrected chi connectivity index (χ0v) is 9.88. The number of hydrogen-bond donors (Lipinski definition) is 0. The predicted octanol–water partition coefficient (Wildman–Crippen LogP) is 3.43. The fraction of sp³-hybridized carbons (Fsp3) is 0. The van der Waals surface area contributed by atoms with Crippen LogP contribution in [-0.2, 0) is 0 Å². The van der Waals surface area contributed by atoms with Crippen LogP contribution in [0.2, 0.25) is 0 Å². The van der Waals surface area contributed by atoms with Gasteiger partial charge in [0, 0.05) is 16.3 Å². The molecule has 4 aromatic rings. The molecular weight excluding hydrogens is 234 g/mol. The first-order valence-corrected chi connectivity index (χ1v) is 5.93. The molecule has 0 saturated heterocycles. The Labute approximate surface area is 108 Å². The van der Waals surface area contributed by atoms with E-state index in [4.69, 9.17) is 10.5 Å². The van der Waals surface area contributed by atoms with Crippen molar-refractivity contribution in [3.05, 3.63) is 53.6 Å². The van der Waals surface area contributed by atoms with Gasteiger partial charge in [-0.15, -0.1) is 0 Å². The van der Waals surface area contributed by atoms with Crippen molar-refractivity contribution in [2.24, 2.45) is 0 Å². The molecule has 0 amide bonds. The van der Waals surface area contributed by atoms with E-state index in [0.29, 0.717) is 11.1 Å². The molecule has 4 rings (SSSR count). The molecule has 19 heavy (non-hydrogen) atoms. The average Bonchev–Trinajstić information content (AvgIpc) is 3.02. The molecule has 0 saturated carbocycles. The van der Waals surface area contributed by atoms with Gasteiger partial charge in [-0.2, -0.15) is 10.5 Å². The molecule has 0 radical (unpaired) electrons. The molecule has 0 bridgehead atoms. The van der Waals surface area contributed by atoms with Crippen LogP contribution in [-0.4, -0.2) is 4.40 Å². The van der Waals surface area contributed by atoms with Crippen LogP contribution < -0.4 is 0 Å². The van der Waals surface area contributed by atoms with Gasteiger partial charge < -0.3 is 4.40 Å². The highest BCUT2D eigenvalue weighted by Gasteiger charge is 2.13. The third-order valence-electron chi connectivity index (χ3n) is 3.62. The summed E-state index contributed by atoms with van der Waals surface area (Å²) in [5.74, 6) is 0. The van der Waals surface area contributed by atoms with Crippen molar-refractivity contribution in [3.8, 4) is 12.1 Å². The van der Waals surface area contributed by atoms with Crippen molar-refractivity contribution < 1.29 is 0 Å². The van der Waals surface area contributed by atoms with Crippen LogP contribution in [0.15, 0.2) is 42.5 Å². The third kappa shape index (κ3) is 1.09. The summed E-state index contributed by atoms with van der Waals surface area (Å²) in [5.41, 5.74) is 4.16. The lowest BCUT2D eigenvalue weighted by molar-refractivity contribution is 1.36. The van der Waals surface area contributed by atoms with Gasteiger partial charge >= 0.3 is 0 Å². The summed E-state index contributed by atoms with van der Waals surface area (Å²) in [5, 5.41) is 20.3. The third-order valence-corrected chi connectivity index (χ3v) is 3.62. The number of benzene rings is 1. The quantitative estimate of drug-likeness (QED) is 0.473. The SMILES string of the molecule is N#Cc1cc2c(cc1C#N)c1ccc3cccc2n31. The van der Waals surface area contributed by atoms with Crippen molar-refractivity contribution in [1.82, 2.24) is 4.40 Å². The van der Waals surface area contributed by atoms with E-state index in [-0.39, 0.29) is 0 Å².